The number of nitrogens with one attached hydrogen (secondary N) is 2. The molecule has 1 heterocycles. The number of nitrogens with zero attached hydrogens (tertiary/aromatic N) is 2. The van der Waals surface area contributed by atoms with Gasteiger partial charge >= 0.3 is 12.4 Å². The molecule has 0 saturated heterocycles. The summed E-state index contributed by atoms with van der Waals surface area (Å²) in [6.45, 7) is 0.421. The standard InChI is InChI=1S/C24H24ClF3N4O4/c1-29-20-19(21(33)30-12-11-23(34)9-10-23)32(14-15-5-7-16(25)8-6-15)22(31-20)35-17-3-2-4-18(13-17)36-24(26,27)28/h2-8,13,29,34H,9-12,14H2,1H3,(H,30,33). The van der Waals surface area contributed by atoms with E-state index >= 15 is 0 Å². The molecule has 1 aromatic heterocycles. The van der Waals surface area contributed by atoms with Crippen LogP contribution in [-0.2, 0) is 6.54 Å². The SMILES string of the molecule is CNc1nc(Oc2cccc(OC(F)(F)F)c2)n(Cc2ccc(Cl)cc2)c1C(=O)NCCC1(O)CC1. The van der Waals surface area contributed by atoms with Crippen LogP contribution in [0.3, 0.4) is 0 Å². The van der Waals surface area contributed by atoms with Gasteiger partial charge in [-0.3, -0.25) is 9.36 Å². The number of aliphatic hydroxyl groups is 1. The molecule has 4 rings (SSSR count). The lowest BCUT2D eigenvalue weighted by molar-refractivity contribution is -0.274. The van der Waals surface area contributed by atoms with E-state index in [2.05, 4.69) is 20.4 Å². The molecule has 192 valence electrons. The summed E-state index contributed by atoms with van der Waals surface area (Å²) in [6, 6.07) is 11.9. The summed E-state index contributed by atoms with van der Waals surface area (Å²) in [4.78, 5) is 17.5. The number of aromatic nitrogens is 2. The smallest absolute Gasteiger partial charge is 0.425 e. The third-order valence-electron chi connectivity index (χ3n) is 5.59. The van der Waals surface area contributed by atoms with Crippen molar-refractivity contribution in [2.45, 2.75) is 37.8 Å². The molecular formula is C24H24ClF3N4O4. The number of alkyl halides is 3. The second kappa shape index (κ2) is 10.3. The van der Waals surface area contributed by atoms with Crippen LogP contribution < -0.4 is 20.1 Å². The van der Waals surface area contributed by atoms with Crippen LogP contribution in [0.15, 0.2) is 48.5 Å². The Morgan fingerprint density at radius 3 is 2.53 bits per heavy atom. The van der Waals surface area contributed by atoms with Gasteiger partial charge in [0.05, 0.1) is 12.1 Å². The molecule has 1 aliphatic carbocycles. The van der Waals surface area contributed by atoms with E-state index < -0.39 is 23.6 Å². The monoisotopic (exact) mass is 524 g/mol. The van der Waals surface area contributed by atoms with Crippen LogP contribution in [0.25, 0.3) is 0 Å². The van der Waals surface area contributed by atoms with Crippen LogP contribution >= 0.6 is 11.6 Å². The Hall–Kier alpha value is -3.44. The minimum Gasteiger partial charge on any atom is -0.425 e. The lowest BCUT2D eigenvalue weighted by Gasteiger charge is -2.14. The average Bonchev–Trinajstić information content (AvgIpc) is 3.44. The molecule has 0 spiro atoms. The van der Waals surface area contributed by atoms with Crippen LogP contribution in [0.1, 0.15) is 35.3 Å². The summed E-state index contributed by atoms with van der Waals surface area (Å²) >= 11 is 5.99. The zero-order valence-corrected chi connectivity index (χ0v) is 20.0. The third kappa shape index (κ3) is 6.61. The zero-order valence-electron chi connectivity index (χ0n) is 19.2. The predicted molar refractivity (Wildman–Crippen MR) is 127 cm³/mol. The van der Waals surface area contributed by atoms with Crippen LogP contribution in [-0.4, -0.2) is 46.1 Å². The largest absolute Gasteiger partial charge is 0.573 e. The Kier molecular flexibility index (Phi) is 7.32. The first-order valence-corrected chi connectivity index (χ1v) is 11.5. The number of hydrogen-bond acceptors (Lipinski definition) is 6. The van der Waals surface area contributed by atoms with Gasteiger partial charge in [0.15, 0.2) is 11.5 Å². The van der Waals surface area contributed by atoms with E-state index in [4.69, 9.17) is 16.3 Å². The van der Waals surface area contributed by atoms with Crippen molar-refractivity contribution >= 4 is 23.3 Å². The van der Waals surface area contributed by atoms with Crippen molar-refractivity contribution in [2.75, 3.05) is 18.9 Å². The summed E-state index contributed by atoms with van der Waals surface area (Å²) in [6.07, 6.45) is -3.03. The molecule has 8 nitrogen and oxygen atoms in total. The predicted octanol–water partition coefficient (Wildman–Crippen LogP) is 4.96. The number of hydrogen-bond donors (Lipinski definition) is 3. The maximum atomic E-state index is 13.2. The molecule has 0 atom stereocenters. The molecule has 0 aliphatic heterocycles. The van der Waals surface area contributed by atoms with E-state index in [0.717, 1.165) is 17.7 Å². The van der Waals surface area contributed by atoms with Gasteiger partial charge in [-0.1, -0.05) is 29.8 Å². The second-order valence-electron chi connectivity index (χ2n) is 8.41. The molecule has 12 heteroatoms. The number of amides is 1. The van der Waals surface area contributed by atoms with Crippen molar-refractivity contribution in [2.24, 2.45) is 0 Å². The molecular weight excluding hydrogens is 501 g/mol. The number of carbonyl (C=O) groups excluding carboxylic acids is 1. The quantitative estimate of drug-likeness (QED) is 0.347. The van der Waals surface area contributed by atoms with Gasteiger partial charge in [0.2, 0.25) is 0 Å². The fourth-order valence-electron chi connectivity index (χ4n) is 3.56. The third-order valence-corrected chi connectivity index (χ3v) is 5.84. The van der Waals surface area contributed by atoms with Crippen LogP contribution in [0, 0.1) is 0 Å². The molecule has 2 aromatic carbocycles. The van der Waals surface area contributed by atoms with Gasteiger partial charge in [-0.15, -0.1) is 13.2 Å². The van der Waals surface area contributed by atoms with Crippen LogP contribution in [0.4, 0.5) is 19.0 Å². The molecule has 0 unspecified atom stereocenters. The van der Waals surface area contributed by atoms with E-state index in [1.165, 1.54) is 16.7 Å². The van der Waals surface area contributed by atoms with Crippen molar-refractivity contribution in [3.05, 3.63) is 64.8 Å². The van der Waals surface area contributed by atoms with E-state index in [-0.39, 0.29) is 36.4 Å². The molecule has 3 aromatic rings. The van der Waals surface area contributed by atoms with Gasteiger partial charge in [-0.2, -0.15) is 4.98 Å². The fourth-order valence-corrected chi connectivity index (χ4v) is 3.69. The van der Waals surface area contributed by atoms with Gasteiger partial charge in [-0.05, 0) is 49.1 Å². The highest BCUT2D eigenvalue weighted by Gasteiger charge is 2.39. The van der Waals surface area contributed by atoms with Crippen molar-refractivity contribution < 1.29 is 32.5 Å². The zero-order chi connectivity index (χ0) is 25.9. The average molecular weight is 525 g/mol. The number of rotatable bonds is 10. The van der Waals surface area contributed by atoms with Gasteiger partial charge in [-0.25, -0.2) is 0 Å². The summed E-state index contributed by atoms with van der Waals surface area (Å²) in [7, 11) is 1.58. The van der Waals surface area contributed by atoms with Crippen molar-refractivity contribution in [1.29, 1.82) is 0 Å². The molecule has 1 saturated carbocycles. The Morgan fingerprint density at radius 1 is 1.19 bits per heavy atom. The van der Waals surface area contributed by atoms with Crippen LogP contribution in [0.5, 0.6) is 17.5 Å². The van der Waals surface area contributed by atoms with Gasteiger partial charge in [0.25, 0.3) is 5.91 Å². The number of carbonyl (C=O) groups is 1. The highest BCUT2D eigenvalue weighted by Crippen LogP contribution is 2.38. The number of anilines is 1. The topological polar surface area (TPSA) is 97.6 Å². The number of imidazole rings is 1. The summed E-state index contributed by atoms with van der Waals surface area (Å²) in [5.74, 6) is -0.663. The van der Waals surface area contributed by atoms with Gasteiger partial charge < -0.3 is 25.2 Å². The van der Waals surface area contributed by atoms with Crippen molar-refractivity contribution in [1.82, 2.24) is 14.9 Å². The minimum absolute atomic E-state index is 0.0237. The Bertz CT molecular complexity index is 1230. The number of benzene rings is 2. The van der Waals surface area contributed by atoms with Gasteiger partial charge in [0, 0.05) is 24.7 Å². The lowest BCUT2D eigenvalue weighted by Crippen LogP contribution is -2.30. The first kappa shape index (κ1) is 25.6. The van der Waals surface area contributed by atoms with E-state index in [1.807, 2.05) is 0 Å². The number of ether oxygens (including phenoxy) is 2. The highest BCUT2D eigenvalue weighted by atomic mass is 35.5. The van der Waals surface area contributed by atoms with Crippen molar-refractivity contribution in [3.63, 3.8) is 0 Å². The van der Waals surface area contributed by atoms with Crippen LogP contribution in [0.2, 0.25) is 5.02 Å². The summed E-state index contributed by atoms with van der Waals surface area (Å²) in [5.41, 5.74) is 0.216. The number of halogens is 4. The summed E-state index contributed by atoms with van der Waals surface area (Å²) in [5, 5.41) is 16.2. The second-order valence-corrected chi connectivity index (χ2v) is 8.85. The van der Waals surface area contributed by atoms with E-state index in [1.54, 1.807) is 31.3 Å². The first-order valence-electron chi connectivity index (χ1n) is 11.1. The van der Waals surface area contributed by atoms with Crippen molar-refractivity contribution in [3.8, 4) is 17.5 Å². The molecule has 0 bridgehead atoms. The highest BCUT2D eigenvalue weighted by molar-refractivity contribution is 6.30. The Balaban J connectivity index is 1.65. The molecule has 1 amide bonds. The minimum atomic E-state index is -4.86. The lowest BCUT2D eigenvalue weighted by atomic mass is 10.2. The maximum absolute atomic E-state index is 13.2. The molecule has 1 fully saturated rings. The molecule has 0 radical (unpaired) electrons. The van der Waals surface area contributed by atoms with E-state index in [9.17, 15) is 23.1 Å². The molecule has 3 N–H and O–H groups in total. The molecule has 36 heavy (non-hydrogen) atoms. The normalized spacial score (nSPS) is 14.3. The Morgan fingerprint density at radius 2 is 1.89 bits per heavy atom. The fraction of sp³-hybridized carbons (Fsp3) is 0.333. The van der Waals surface area contributed by atoms with Gasteiger partial charge in [0.1, 0.15) is 11.5 Å². The first-order chi connectivity index (χ1) is 17.0. The maximum Gasteiger partial charge on any atom is 0.573 e. The van der Waals surface area contributed by atoms with E-state index in [0.29, 0.717) is 24.3 Å². The Labute approximate surface area is 210 Å². The molecule has 1 aliphatic rings. The summed E-state index contributed by atoms with van der Waals surface area (Å²) < 4.78 is 49.2.